The molecule has 5 heteroatoms. The summed E-state index contributed by atoms with van der Waals surface area (Å²) in [5, 5.41) is 0. The summed E-state index contributed by atoms with van der Waals surface area (Å²) in [5.74, 6) is 0.796. The van der Waals surface area contributed by atoms with Gasteiger partial charge in [-0.25, -0.2) is 0 Å². The fourth-order valence-corrected chi connectivity index (χ4v) is 2.41. The highest BCUT2D eigenvalue weighted by Crippen LogP contribution is 2.37. The second-order valence-electron chi connectivity index (χ2n) is 5.20. The number of nitrogens with zero attached hydrogens (tertiary/aromatic N) is 2. The van der Waals surface area contributed by atoms with E-state index in [-0.39, 0.29) is 5.91 Å². The van der Waals surface area contributed by atoms with Crippen LogP contribution in [0.5, 0.6) is 0 Å². The molecule has 1 aliphatic rings. The number of nitrogen functional groups attached to an aromatic ring is 1. The van der Waals surface area contributed by atoms with Gasteiger partial charge in [-0.15, -0.1) is 0 Å². The van der Waals surface area contributed by atoms with Gasteiger partial charge in [0.05, 0.1) is 18.5 Å². The van der Waals surface area contributed by atoms with Crippen molar-refractivity contribution in [1.82, 2.24) is 9.47 Å². The standard InChI is InChI=1S/C15H19N3O2/c1-2-17(10-13-4-3-7-20-13)15(19)14-8-11(16)9-18(14)12-5-6-12/h3-4,7-9,12H,2,5-6,10,16H2,1H3. The Hall–Kier alpha value is -2.17. The predicted octanol–water partition coefficient (Wildman–Crippen LogP) is 2.66. The molecule has 106 valence electrons. The van der Waals surface area contributed by atoms with Gasteiger partial charge in [0.1, 0.15) is 11.5 Å². The number of nitrogens with two attached hydrogens (primary N) is 1. The highest BCUT2D eigenvalue weighted by atomic mass is 16.3. The largest absolute Gasteiger partial charge is 0.467 e. The third kappa shape index (κ3) is 2.43. The summed E-state index contributed by atoms with van der Waals surface area (Å²) in [6.07, 6.45) is 5.74. The van der Waals surface area contributed by atoms with Crippen LogP contribution in [0.25, 0.3) is 0 Å². The molecule has 0 aliphatic heterocycles. The van der Waals surface area contributed by atoms with E-state index in [9.17, 15) is 4.79 Å². The average Bonchev–Trinajstić information content (AvgIpc) is 3.01. The van der Waals surface area contributed by atoms with Gasteiger partial charge < -0.3 is 19.6 Å². The molecule has 20 heavy (non-hydrogen) atoms. The van der Waals surface area contributed by atoms with Crippen LogP contribution < -0.4 is 5.73 Å². The Balaban J connectivity index is 1.82. The van der Waals surface area contributed by atoms with Crippen LogP contribution in [0.15, 0.2) is 35.1 Å². The third-order valence-electron chi connectivity index (χ3n) is 3.62. The van der Waals surface area contributed by atoms with E-state index >= 15 is 0 Å². The Morgan fingerprint density at radius 3 is 2.95 bits per heavy atom. The van der Waals surface area contributed by atoms with E-state index < -0.39 is 0 Å². The van der Waals surface area contributed by atoms with Gasteiger partial charge in [-0.05, 0) is 38.0 Å². The van der Waals surface area contributed by atoms with Crippen molar-refractivity contribution in [3.8, 4) is 0 Å². The molecule has 0 unspecified atom stereocenters. The van der Waals surface area contributed by atoms with Gasteiger partial charge in [-0.3, -0.25) is 4.79 Å². The number of carbonyl (C=O) groups is 1. The molecule has 0 radical (unpaired) electrons. The predicted molar refractivity (Wildman–Crippen MR) is 76.2 cm³/mol. The second kappa shape index (κ2) is 5.07. The van der Waals surface area contributed by atoms with Crippen molar-refractivity contribution in [2.45, 2.75) is 32.4 Å². The number of furan rings is 1. The maximum atomic E-state index is 12.7. The van der Waals surface area contributed by atoms with E-state index in [1.54, 1.807) is 17.2 Å². The van der Waals surface area contributed by atoms with E-state index in [2.05, 4.69) is 0 Å². The van der Waals surface area contributed by atoms with Crippen LogP contribution in [0.1, 0.15) is 42.1 Å². The van der Waals surface area contributed by atoms with E-state index in [1.807, 2.05) is 29.8 Å². The van der Waals surface area contributed by atoms with Crippen molar-refractivity contribution < 1.29 is 9.21 Å². The van der Waals surface area contributed by atoms with Crippen LogP contribution in [-0.2, 0) is 6.54 Å². The van der Waals surface area contributed by atoms with Crippen LogP contribution in [0.4, 0.5) is 5.69 Å². The number of anilines is 1. The number of amides is 1. The quantitative estimate of drug-likeness (QED) is 0.910. The maximum absolute atomic E-state index is 12.7. The summed E-state index contributed by atoms with van der Waals surface area (Å²) < 4.78 is 7.34. The lowest BCUT2D eigenvalue weighted by molar-refractivity contribution is 0.0730. The van der Waals surface area contributed by atoms with Gasteiger partial charge in [0.2, 0.25) is 0 Å². The first-order chi connectivity index (χ1) is 9.69. The van der Waals surface area contributed by atoms with Gasteiger partial charge in [-0.2, -0.15) is 0 Å². The van der Waals surface area contributed by atoms with Crippen LogP contribution in [0.2, 0.25) is 0 Å². The van der Waals surface area contributed by atoms with Gasteiger partial charge in [0, 0.05) is 18.8 Å². The first-order valence-corrected chi connectivity index (χ1v) is 6.98. The summed E-state index contributed by atoms with van der Waals surface area (Å²) in [4.78, 5) is 14.4. The summed E-state index contributed by atoms with van der Waals surface area (Å²) >= 11 is 0. The van der Waals surface area contributed by atoms with Gasteiger partial charge >= 0.3 is 0 Å². The minimum Gasteiger partial charge on any atom is -0.467 e. The zero-order valence-electron chi connectivity index (χ0n) is 11.6. The van der Waals surface area contributed by atoms with Crippen LogP contribution in [0.3, 0.4) is 0 Å². The topological polar surface area (TPSA) is 64.4 Å². The maximum Gasteiger partial charge on any atom is 0.270 e. The lowest BCUT2D eigenvalue weighted by Gasteiger charge is -2.20. The van der Waals surface area contributed by atoms with Crippen molar-refractivity contribution in [3.05, 3.63) is 42.1 Å². The number of rotatable bonds is 5. The zero-order chi connectivity index (χ0) is 14.1. The number of hydrogen-bond donors (Lipinski definition) is 1. The average molecular weight is 273 g/mol. The SMILES string of the molecule is CCN(Cc1ccco1)C(=O)c1cc(N)cn1C1CC1. The Labute approximate surface area is 118 Å². The second-order valence-corrected chi connectivity index (χ2v) is 5.20. The Morgan fingerprint density at radius 2 is 2.35 bits per heavy atom. The minimum atomic E-state index is 0.00694. The lowest BCUT2D eigenvalue weighted by atomic mass is 10.3. The van der Waals surface area contributed by atoms with Gasteiger partial charge in [-0.1, -0.05) is 0 Å². The molecule has 0 spiro atoms. The normalized spacial score (nSPS) is 14.4. The molecule has 0 aromatic carbocycles. The molecule has 0 atom stereocenters. The molecule has 2 aromatic rings. The summed E-state index contributed by atoms with van der Waals surface area (Å²) in [5.41, 5.74) is 7.18. The Kier molecular flexibility index (Phi) is 3.26. The van der Waals surface area contributed by atoms with E-state index in [0.29, 0.717) is 30.5 Å². The first kappa shape index (κ1) is 12.8. The monoisotopic (exact) mass is 273 g/mol. The van der Waals surface area contributed by atoms with Gasteiger partial charge in [0.25, 0.3) is 5.91 Å². The molecule has 5 nitrogen and oxygen atoms in total. The van der Waals surface area contributed by atoms with Crippen molar-refractivity contribution in [2.75, 3.05) is 12.3 Å². The molecule has 2 aromatic heterocycles. The molecule has 0 bridgehead atoms. The molecule has 1 saturated carbocycles. The van der Waals surface area contributed by atoms with Crippen molar-refractivity contribution in [1.29, 1.82) is 0 Å². The van der Waals surface area contributed by atoms with Crippen LogP contribution in [0, 0.1) is 0 Å². The minimum absolute atomic E-state index is 0.00694. The molecular formula is C15H19N3O2. The molecule has 2 N–H and O–H groups in total. The smallest absolute Gasteiger partial charge is 0.270 e. The number of aromatic nitrogens is 1. The zero-order valence-corrected chi connectivity index (χ0v) is 11.6. The highest BCUT2D eigenvalue weighted by molar-refractivity contribution is 5.94. The molecule has 2 heterocycles. The summed E-state index contributed by atoms with van der Waals surface area (Å²) in [7, 11) is 0. The summed E-state index contributed by atoms with van der Waals surface area (Å²) in [6, 6.07) is 5.92. The van der Waals surface area contributed by atoms with Crippen molar-refractivity contribution >= 4 is 11.6 Å². The Bertz CT molecular complexity index is 597. The van der Waals surface area contributed by atoms with Crippen LogP contribution in [-0.4, -0.2) is 21.9 Å². The third-order valence-corrected chi connectivity index (χ3v) is 3.62. The molecule has 1 fully saturated rings. The molecular weight excluding hydrogens is 254 g/mol. The van der Waals surface area contributed by atoms with Crippen molar-refractivity contribution in [2.24, 2.45) is 0 Å². The van der Waals surface area contributed by atoms with Gasteiger partial charge in [0.15, 0.2) is 0 Å². The molecule has 0 saturated heterocycles. The van der Waals surface area contributed by atoms with Crippen LogP contribution >= 0.6 is 0 Å². The number of hydrogen-bond acceptors (Lipinski definition) is 3. The molecule has 1 amide bonds. The fraction of sp³-hybridized carbons (Fsp3) is 0.400. The lowest BCUT2D eigenvalue weighted by Crippen LogP contribution is -2.31. The van der Waals surface area contributed by atoms with E-state index in [1.165, 1.54) is 0 Å². The summed E-state index contributed by atoms with van der Waals surface area (Å²) in [6.45, 7) is 3.09. The molecule has 3 rings (SSSR count). The van der Waals surface area contributed by atoms with E-state index in [0.717, 1.165) is 18.6 Å². The van der Waals surface area contributed by atoms with E-state index in [4.69, 9.17) is 10.2 Å². The first-order valence-electron chi connectivity index (χ1n) is 6.98. The Morgan fingerprint density at radius 1 is 1.55 bits per heavy atom. The van der Waals surface area contributed by atoms with Crippen molar-refractivity contribution in [3.63, 3.8) is 0 Å². The molecule has 1 aliphatic carbocycles. The number of carbonyl (C=O) groups excluding carboxylic acids is 1. The fourth-order valence-electron chi connectivity index (χ4n) is 2.41. The highest BCUT2D eigenvalue weighted by Gasteiger charge is 2.29.